The van der Waals surface area contributed by atoms with Crippen LogP contribution in [-0.2, 0) is 32.7 Å². The highest BCUT2D eigenvalue weighted by atomic mass is 31.2. The van der Waals surface area contributed by atoms with Crippen LogP contribution in [0.4, 0.5) is 0 Å². The lowest BCUT2D eigenvalue weighted by atomic mass is 10.1. The van der Waals surface area contributed by atoms with E-state index in [2.05, 4.69) is 50.3 Å². The summed E-state index contributed by atoms with van der Waals surface area (Å²) in [4.78, 5) is 37.3. The molecule has 0 radical (unpaired) electrons. The summed E-state index contributed by atoms with van der Waals surface area (Å²) < 4.78 is 33.7. The van der Waals surface area contributed by atoms with Crippen molar-refractivity contribution in [1.82, 2.24) is 0 Å². The van der Waals surface area contributed by atoms with Gasteiger partial charge in [-0.1, -0.05) is 115 Å². The minimum absolute atomic E-state index is 0.0355. The number of rotatable bonds is 35. The van der Waals surface area contributed by atoms with Gasteiger partial charge in [0.2, 0.25) is 0 Å². The predicted molar refractivity (Wildman–Crippen MR) is 204 cm³/mol. The lowest BCUT2D eigenvalue weighted by Gasteiger charge is -2.28. The molecule has 0 rings (SSSR count). The Morgan fingerprint density at radius 2 is 1.12 bits per heavy atom. The molecule has 2 unspecified atom stereocenters. The molecule has 0 N–H and O–H groups in total. The second kappa shape index (κ2) is 33.1. The Hall–Kier alpha value is -1.77. The van der Waals surface area contributed by atoms with E-state index in [9.17, 15) is 19.0 Å². The first-order valence-corrected chi connectivity index (χ1v) is 21.2. The molecule has 0 aromatic heterocycles. The molecule has 0 heterocycles. The number of esters is 2. The van der Waals surface area contributed by atoms with Crippen molar-refractivity contribution >= 4 is 19.8 Å². The van der Waals surface area contributed by atoms with Crippen molar-refractivity contribution in [2.75, 3.05) is 47.5 Å². The number of phosphoric acid groups is 1. The van der Waals surface area contributed by atoms with Gasteiger partial charge in [0.15, 0.2) is 6.10 Å². The molecule has 50 heavy (non-hydrogen) atoms. The first-order chi connectivity index (χ1) is 24.0. The van der Waals surface area contributed by atoms with Crippen LogP contribution in [-0.4, -0.2) is 70.0 Å². The largest absolute Gasteiger partial charge is 0.756 e. The minimum Gasteiger partial charge on any atom is -0.756 e. The van der Waals surface area contributed by atoms with E-state index in [0.717, 1.165) is 83.5 Å². The lowest BCUT2D eigenvalue weighted by Crippen LogP contribution is -2.37. The number of unbranched alkanes of at least 4 members (excludes halogenated alkanes) is 15. The molecule has 0 aliphatic heterocycles. The number of phosphoric ester groups is 1. The molecule has 0 saturated carbocycles. The average molecular weight is 728 g/mol. The van der Waals surface area contributed by atoms with E-state index in [1.165, 1.54) is 38.5 Å². The fourth-order valence-electron chi connectivity index (χ4n) is 4.98. The molecule has 9 nitrogen and oxygen atoms in total. The summed E-state index contributed by atoms with van der Waals surface area (Å²) in [6, 6.07) is 0. The summed E-state index contributed by atoms with van der Waals surface area (Å²) in [5, 5.41) is 0. The number of likely N-dealkylation sites (N-methyl/N-ethyl adjacent to an activating group) is 1. The Kier molecular flexibility index (Phi) is 31.9. The third kappa shape index (κ3) is 36.0. The third-order valence-electron chi connectivity index (χ3n) is 8.11. The van der Waals surface area contributed by atoms with E-state index in [-0.39, 0.29) is 26.1 Å². The number of ether oxygens (including phenoxy) is 2. The van der Waals surface area contributed by atoms with E-state index in [4.69, 9.17) is 18.5 Å². The zero-order valence-corrected chi connectivity index (χ0v) is 33.5. The molecule has 2 atom stereocenters. The summed E-state index contributed by atoms with van der Waals surface area (Å²) >= 11 is 0. The molecule has 0 bridgehead atoms. The maximum atomic E-state index is 12.6. The smallest absolute Gasteiger partial charge is 0.306 e. The number of allylic oxidation sites excluding steroid dienone is 6. The summed E-state index contributed by atoms with van der Waals surface area (Å²) in [5.74, 6) is -0.865. The minimum atomic E-state index is -4.62. The van der Waals surface area contributed by atoms with Crippen molar-refractivity contribution in [3.8, 4) is 0 Å². The van der Waals surface area contributed by atoms with Gasteiger partial charge in [0, 0.05) is 12.8 Å². The highest BCUT2D eigenvalue weighted by Crippen LogP contribution is 2.38. The van der Waals surface area contributed by atoms with Gasteiger partial charge >= 0.3 is 11.9 Å². The lowest BCUT2D eigenvalue weighted by molar-refractivity contribution is -0.870. The van der Waals surface area contributed by atoms with Crippen LogP contribution in [0.3, 0.4) is 0 Å². The van der Waals surface area contributed by atoms with E-state index in [1.54, 1.807) is 0 Å². The second-order valence-electron chi connectivity index (χ2n) is 14.3. The number of carbonyl (C=O) groups is 2. The van der Waals surface area contributed by atoms with Crippen molar-refractivity contribution in [3.05, 3.63) is 36.5 Å². The molecule has 0 spiro atoms. The van der Waals surface area contributed by atoms with E-state index < -0.39 is 32.5 Å². The van der Waals surface area contributed by atoms with Gasteiger partial charge in [-0.25, -0.2) is 0 Å². The summed E-state index contributed by atoms with van der Waals surface area (Å²) in [7, 11) is 1.15. The quantitative estimate of drug-likeness (QED) is 0.0209. The normalized spacial score (nSPS) is 14.1. The van der Waals surface area contributed by atoms with Crippen LogP contribution in [0.15, 0.2) is 36.5 Å². The molecule has 292 valence electrons. The second-order valence-corrected chi connectivity index (χ2v) is 15.7. The standard InChI is InChI=1S/C40H74NO8P/c1-6-8-10-12-14-16-18-20-22-24-26-28-30-32-39(42)46-36-38(37-48-50(44,45)47-35-34-41(3,4)5)49-40(43)33-31-29-27-25-23-21-19-17-15-13-11-9-7-2/h11,13,16-19,38H,6-10,12,14-15,20-37H2,1-5H3/b13-11-,18-16-,19-17-. The molecule has 0 aromatic carbocycles. The Bertz CT molecular complexity index is 959. The fraction of sp³-hybridized carbons (Fsp3) is 0.800. The van der Waals surface area contributed by atoms with Crippen molar-refractivity contribution < 1.29 is 42.1 Å². The monoisotopic (exact) mass is 728 g/mol. The average Bonchev–Trinajstić information content (AvgIpc) is 3.06. The summed E-state index contributed by atoms with van der Waals surface area (Å²) in [5.41, 5.74) is 0. The third-order valence-corrected chi connectivity index (χ3v) is 9.08. The zero-order valence-electron chi connectivity index (χ0n) is 32.6. The maximum absolute atomic E-state index is 12.6. The number of nitrogens with zero attached hydrogens (tertiary/aromatic N) is 1. The first kappa shape index (κ1) is 48.2. The highest BCUT2D eigenvalue weighted by Gasteiger charge is 2.21. The Labute approximate surface area is 306 Å². The first-order valence-electron chi connectivity index (χ1n) is 19.7. The van der Waals surface area contributed by atoms with Crippen LogP contribution in [0.5, 0.6) is 0 Å². The van der Waals surface area contributed by atoms with E-state index in [1.807, 2.05) is 21.1 Å². The van der Waals surface area contributed by atoms with Crippen LogP contribution in [0, 0.1) is 0 Å². The van der Waals surface area contributed by atoms with Gasteiger partial charge in [0.05, 0.1) is 27.7 Å². The number of hydrogen-bond donors (Lipinski definition) is 0. The van der Waals surface area contributed by atoms with Crippen molar-refractivity contribution in [2.24, 2.45) is 0 Å². The molecule has 10 heteroatoms. The SMILES string of the molecule is CCC/C=C\C/C=C\CCCCCCCC(=O)OC(COC(=O)CCCCCCC/C=C\CCCCCC)COP(=O)([O-])OCC[N+](C)(C)C. The maximum Gasteiger partial charge on any atom is 0.306 e. The molecule has 0 aliphatic carbocycles. The zero-order chi connectivity index (χ0) is 37.2. The van der Waals surface area contributed by atoms with Crippen LogP contribution < -0.4 is 4.89 Å². The molecule has 0 amide bonds. The van der Waals surface area contributed by atoms with E-state index in [0.29, 0.717) is 17.4 Å². The molecule has 0 aliphatic rings. The molecular formula is C40H74NO8P. The molecule has 0 aromatic rings. The molecule has 0 saturated heterocycles. The van der Waals surface area contributed by atoms with Gasteiger partial charge in [0.1, 0.15) is 19.8 Å². The van der Waals surface area contributed by atoms with Crippen LogP contribution in [0.25, 0.3) is 0 Å². The van der Waals surface area contributed by atoms with Crippen LogP contribution in [0.1, 0.15) is 155 Å². The number of hydrogen-bond acceptors (Lipinski definition) is 8. The molecule has 0 fully saturated rings. The van der Waals surface area contributed by atoms with Crippen LogP contribution >= 0.6 is 7.82 Å². The van der Waals surface area contributed by atoms with Gasteiger partial charge in [-0.15, -0.1) is 0 Å². The molecular weight excluding hydrogens is 653 g/mol. The predicted octanol–water partition coefficient (Wildman–Crippen LogP) is 9.94. The van der Waals surface area contributed by atoms with Gasteiger partial charge in [-0.05, 0) is 64.2 Å². The van der Waals surface area contributed by atoms with Crippen molar-refractivity contribution in [1.29, 1.82) is 0 Å². The summed E-state index contributed by atoms with van der Waals surface area (Å²) in [6.45, 7) is 4.10. The summed E-state index contributed by atoms with van der Waals surface area (Å²) in [6.07, 6.45) is 34.5. The van der Waals surface area contributed by atoms with Crippen LogP contribution in [0.2, 0.25) is 0 Å². The van der Waals surface area contributed by atoms with E-state index >= 15 is 0 Å². The Balaban J connectivity index is 4.47. The van der Waals surface area contributed by atoms with Gasteiger partial charge in [-0.3, -0.25) is 14.2 Å². The van der Waals surface area contributed by atoms with Gasteiger partial charge in [-0.2, -0.15) is 0 Å². The highest BCUT2D eigenvalue weighted by molar-refractivity contribution is 7.45. The fourth-order valence-corrected chi connectivity index (χ4v) is 5.71. The number of carbonyl (C=O) groups excluding carboxylic acids is 2. The van der Waals surface area contributed by atoms with Gasteiger partial charge < -0.3 is 27.9 Å². The van der Waals surface area contributed by atoms with Crippen molar-refractivity contribution in [2.45, 2.75) is 161 Å². The topological polar surface area (TPSA) is 111 Å². The number of quaternary nitrogens is 1. The Morgan fingerprint density at radius 1 is 0.620 bits per heavy atom. The van der Waals surface area contributed by atoms with Gasteiger partial charge in [0.25, 0.3) is 7.82 Å². The Morgan fingerprint density at radius 3 is 1.68 bits per heavy atom. The van der Waals surface area contributed by atoms with Crippen molar-refractivity contribution in [3.63, 3.8) is 0 Å².